The molecule has 1 aromatic rings. The summed E-state index contributed by atoms with van der Waals surface area (Å²) in [6.45, 7) is 6.66. The summed E-state index contributed by atoms with van der Waals surface area (Å²) in [5.41, 5.74) is 2.62. The van der Waals surface area contributed by atoms with Gasteiger partial charge < -0.3 is 4.74 Å². The summed E-state index contributed by atoms with van der Waals surface area (Å²) in [5, 5.41) is 0. The normalized spacial score (nSPS) is 18.8. The molecule has 1 aromatic carbocycles. The number of Topliss-reactive ketones (excluding diaryl/α,β-unsaturated/α-hetero) is 1. The number of rotatable bonds is 4. The molecule has 0 heterocycles. The van der Waals surface area contributed by atoms with Gasteiger partial charge in [-0.25, -0.2) is 0 Å². The number of hydrogen-bond donors (Lipinski definition) is 0. The van der Waals surface area contributed by atoms with E-state index in [4.69, 9.17) is 4.74 Å². The van der Waals surface area contributed by atoms with Crippen LogP contribution < -0.4 is 4.74 Å². The van der Waals surface area contributed by atoms with Crippen LogP contribution in [-0.2, 0) is 11.2 Å². The third kappa shape index (κ3) is 3.62. The summed E-state index contributed by atoms with van der Waals surface area (Å²) in [6.07, 6.45) is 4.92. The highest BCUT2D eigenvalue weighted by Gasteiger charge is 2.30. The molecule has 1 fully saturated rings. The number of aryl methyl sites for hydroxylation is 1. The Hall–Kier alpha value is -1.31. The van der Waals surface area contributed by atoms with Crippen LogP contribution in [-0.4, -0.2) is 12.9 Å². The molecule has 0 amide bonds. The topological polar surface area (TPSA) is 26.3 Å². The number of ketones is 1. The van der Waals surface area contributed by atoms with Crippen molar-refractivity contribution in [3.05, 3.63) is 29.3 Å². The number of ether oxygens (including phenoxy) is 1. The molecule has 0 saturated heterocycles. The monoisotopic (exact) mass is 274 g/mol. The molecule has 1 aliphatic carbocycles. The van der Waals surface area contributed by atoms with Crippen molar-refractivity contribution in [2.75, 3.05) is 7.11 Å². The molecule has 110 valence electrons. The van der Waals surface area contributed by atoms with E-state index in [0.717, 1.165) is 37.0 Å². The molecule has 2 rings (SSSR count). The fourth-order valence-electron chi connectivity index (χ4n) is 3.10. The van der Waals surface area contributed by atoms with Crippen molar-refractivity contribution in [2.45, 2.75) is 52.9 Å². The zero-order valence-electron chi connectivity index (χ0n) is 13.2. The third-order valence-electron chi connectivity index (χ3n) is 4.60. The summed E-state index contributed by atoms with van der Waals surface area (Å²) >= 11 is 0. The minimum atomic E-state index is 0.244. The van der Waals surface area contributed by atoms with Gasteiger partial charge in [-0.2, -0.15) is 0 Å². The molecule has 0 radical (unpaired) electrons. The standard InChI is InChI=1S/C18H26O2/c1-13-5-6-17(20-4)15(11-13)12-16(19)14-7-9-18(2,3)10-8-14/h5-6,11,14H,7-10,12H2,1-4H3. The lowest BCUT2D eigenvalue weighted by Gasteiger charge is -2.33. The first kappa shape index (κ1) is 15.1. The van der Waals surface area contributed by atoms with Gasteiger partial charge >= 0.3 is 0 Å². The quantitative estimate of drug-likeness (QED) is 0.816. The van der Waals surface area contributed by atoms with Crippen LogP contribution in [0.15, 0.2) is 18.2 Å². The van der Waals surface area contributed by atoms with E-state index < -0.39 is 0 Å². The van der Waals surface area contributed by atoms with Gasteiger partial charge in [-0.15, -0.1) is 0 Å². The van der Waals surface area contributed by atoms with Crippen molar-refractivity contribution in [1.82, 2.24) is 0 Å². The molecule has 0 aromatic heterocycles. The molecule has 0 N–H and O–H groups in total. The minimum Gasteiger partial charge on any atom is -0.496 e. The van der Waals surface area contributed by atoms with Gasteiger partial charge in [-0.05, 0) is 44.1 Å². The van der Waals surface area contributed by atoms with Gasteiger partial charge in [0.25, 0.3) is 0 Å². The van der Waals surface area contributed by atoms with Crippen molar-refractivity contribution in [1.29, 1.82) is 0 Å². The van der Waals surface area contributed by atoms with Crippen LogP contribution in [0.25, 0.3) is 0 Å². The summed E-state index contributed by atoms with van der Waals surface area (Å²) in [6, 6.07) is 6.06. The van der Waals surface area contributed by atoms with E-state index in [1.165, 1.54) is 5.56 Å². The van der Waals surface area contributed by atoms with E-state index in [1.54, 1.807) is 7.11 Å². The van der Waals surface area contributed by atoms with E-state index in [9.17, 15) is 4.79 Å². The average Bonchev–Trinajstić information content (AvgIpc) is 2.38. The van der Waals surface area contributed by atoms with Crippen molar-refractivity contribution in [3.8, 4) is 5.75 Å². The van der Waals surface area contributed by atoms with Gasteiger partial charge in [0.2, 0.25) is 0 Å². The van der Waals surface area contributed by atoms with Crippen LogP contribution in [0, 0.1) is 18.3 Å². The number of carbonyl (C=O) groups is 1. The molecular weight excluding hydrogens is 248 g/mol. The van der Waals surface area contributed by atoms with Gasteiger partial charge in [0.15, 0.2) is 0 Å². The van der Waals surface area contributed by atoms with Gasteiger partial charge in [0, 0.05) is 17.9 Å². The van der Waals surface area contributed by atoms with Gasteiger partial charge in [-0.3, -0.25) is 4.79 Å². The van der Waals surface area contributed by atoms with Gasteiger partial charge in [-0.1, -0.05) is 31.5 Å². The van der Waals surface area contributed by atoms with E-state index in [0.29, 0.717) is 17.6 Å². The Morgan fingerprint density at radius 3 is 2.55 bits per heavy atom. The molecule has 0 unspecified atom stereocenters. The highest BCUT2D eigenvalue weighted by atomic mass is 16.5. The zero-order valence-corrected chi connectivity index (χ0v) is 13.2. The van der Waals surface area contributed by atoms with Gasteiger partial charge in [0.05, 0.1) is 7.11 Å². The lowest BCUT2D eigenvalue weighted by molar-refractivity contribution is -0.123. The Kier molecular flexibility index (Phi) is 4.52. The van der Waals surface area contributed by atoms with Crippen LogP contribution >= 0.6 is 0 Å². The van der Waals surface area contributed by atoms with Gasteiger partial charge in [0.1, 0.15) is 11.5 Å². The molecule has 2 heteroatoms. The SMILES string of the molecule is COc1ccc(C)cc1CC(=O)C1CCC(C)(C)CC1. The van der Waals surface area contributed by atoms with Crippen LogP contribution in [0.4, 0.5) is 0 Å². The van der Waals surface area contributed by atoms with Crippen LogP contribution in [0.3, 0.4) is 0 Å². The third-order valence-corrected chi connectivity index (χ3v) is 4.60. The summed E-state index contributed by atoms with van der Waals surface area (Å²) in [7, 11) is 1.67. The second-order valence-corrected chi connectivity index (χ2v) is 6.90. The molecule has 2 nitrogen and oxygen atoms in total. The van der Waals surface area contributed by atoms with Crippen molar-refractivity contribution in [3.63, 3.8) is 0 Å². The molecule has 0 atom stereocenters. The maximum atomic E-state index is 12.5. The fourth-order valence-corrected chi connectivity index (χ4v) is 3.10. The van der Waals surface area contributed by atoms with E-state index in [2.05, 4.69) is 26.8 Å². The number of hydrogen-bond acceptors (Lipinski definition) is 2. The second kappa shape index (κ2) is 5.99. The van der Waals surface area contributed by atoms with Crippen LogP contribution in [0.5, 0.6) is 5.75 Å². The largest absolute Gasteiger partial charge is 0.496 e. The summed E-state index contributed by atoms with van der Waals surface area (Å²) < 4.78 is 5.37. The Labute approximate surface area is 122 Å². The summed E-state index contributed by atoms with van der Waals surface area (Å²) in [4.78, 5) is 12.5. The molecule has 0 spiro atoms. The maximum Gasteiger partial charge on any atom is 0.140 e. The zero-order chi connectivity index (χ0) is 14.8. The molecule has 0 bridgehead atoms. The predicted octanol–water partition coefficient (Wildman–Crippen LogP) is 4.33. The Morgan fingerprint density at radius 1 is 1.30 bits per heavy atom. The van der Waals surface area contributed by atoms with Crippen molar-refractivity contribution < 1.29 is 9.53 Å². The lowest BCUT2D eigenvalue weighted by Crippen LogP contribution is -2.27. The van der Waals surface area contributed by atoms with Crippen LogP contribution in [0.1, 0.15) is 50.7 Å². The van der Waals surface area contributed by atoms with Crippen molar-refractivity contribution in [2.24, 2.45) is 11.3 Å². The second-order valence-electron chi connectivity index (χ2n) is 6.90. The first-order chi connectivity index (χ1) is 9.41. The molecule has 1 aliphatic rings. The Bertz CT molecular complexity index is 478. The first-order valence-corrected chi connectivity index (χ1v) is 7.57. The molecule has 20 heavy (non-hydrogen) atoms. The fraction of sp³-hybridized carbons (Fsp3) is 0.611. The number of methoxy groups -OCH3 is 1. The van der Waals surface area contributed by atoms with E-state index >= 15 is 0 Å². The highest BCUT2D eigenvalue weighted by molar-refractivity contribution is 5.84. The maximum absolute atomic E-state index is 12.5. The molecule has 0 aliphatic heterocycles. The minimum absolute atomic E-state index is 0.244. The smallest absolute Gasteiger partial charge is 0.140 e. The van der Waals surface area contributed by atoms with Crippen molar-refractivity contribution >= 4 is 5.78 Å². The predicted molar refractivity (Wildman–Crippen MR) is 82.2 cm³/mol. The Balaban J connectivity index is 2.03. The first-order valence-electron chi connectivity index (χ1n) is 7.57. The molecule has 1 saturated carbocycles. The van der Waals surface area contributed by atoms with Crippen LogP contribution in [0.2, 0.25) is 0 Å². The summed E-state index contributed by atoms with van der Waals surface area (Å²) in [5.74, 6) is 1.46. The highest BCUT2D eigenvalue weighted by Crippen LogP contribution is 2.38. The number of benzene rings is 1. The average molecular weight is 274 g/mol. The number of carbonyl (C=O) groups excluding carboxylic acids is 1. The lowest BCUT2D eigenvalue weighted by atomic mass is 9.71. The molecular formula is C18H26O2. The van der Waals surface area contributed by atoms with E-state index in [1.807, 2.05) is 12.1 Å². The van der Waals surface area contributed by atoms with E-state index in [-0.39, 0.29) is 5.92 Å². The Morgan fingerprint density at radius 2 is 1.95 bits per heavy atom.